The minimum absolute atomic E-state index is 0.225. The molecule has 2 atom stereocenters. The molecule has 2 saturated heterocycles. The van der Waals surface area contributed by atoms with Gasteiger partial charge in [-0.2, -0.15) is 0 Å². The van der Waals surface area contributed by atoms with Gasteiger partial charge in [-0.05, 0) is 19.4 Å². The molecule has 0 amide bonds. The summed E-state index contributed by atoms with van der Waals surface area (Å²) in [6, 6.07) is 0.647. The lowest BCUT2D eigenvalue weighted by molar-refractivity contribution is -0.0416. The van der Waals surface area contributed by atoms with E-state index in [1.54, 1.807) is 6.20 Å². The lowest BCUT2D eigenvalue weighted by Crippen LogP contribution is -2.48. The summed E-state index contributed by atoms with van der Waals surface area (Å²) in [6.07, 6.45) is 6.02. The van der Waals surface area contributed by atoms with Gasteiger partial charge in [0.2, 0.25) is 0 Å². The summed E-state index contributed by atoms with van der Waals surface area (Å²) in [4.78, 5) is 10.7. The Labute approximate surface area is 107 Å². The molecular formula is C12H19N5O. The molecule has 0 radical (unpaired) electrons. The van der Waals surface area contributed by atoms with Gasteiger partial charge in [-0.3, -0.25) is 9.88 Å². The van der Waals surface area contributed by atoms with Crippen molar-refractivity contribution >= 4 is 11.6 Å². The topological polar surface area (TPSA) is 76.3 Å². The fourth-order valence-corrected chi connectivity index (χ4v) is 2.69. The highest BCUT2D eigenvalue weighted by Gasteiger charge is 2.31. The normalized spacial score (nSPS) is 28.0. The summed E-state index contributed by atoms with van der Waals surface area (Å²) in [6.45, 7) is 3.83. The molecule has 2 aliphatic rings. The molecule has 98 valence electrons. The third kappa shape index (κ3) is 2.54. The van der Waals surface area contributed by atoms with Crippen LogP contribution in [0.5, 0.6) is 0 Å². The van der Waals surface area contributed by atoms with Gasteiger partial charge < -0.3 is 15.8 Å². The Hall–Kier alpha value is -1.40. The zero-order valence-corrected chi connectivity index (χ0v) is 10.4. The number of nitrogens with two attached hydrogens (primary N) is 1. The molecule has 0 bridgehead atoms. The van der Waals surface area contributed by atoms with Gasteiger partial charge in [-0.15, -0.1) is 0 Å². The van der Waals surface area contributed by atoms with Crippen LogP contribution in [0.15, 0.2) is 12.4 Å². The van der Waals surface area contributed by atoms with E-state index in [-0.39, 0.29) is 6.10 Å². The van der Waals surface area contributed by atoms with E-state index in [4.69, 9.17) is 10.5 Å². The highest BCUT2D eigenvalue weighted by atomic mass is 16.5. The van der Waals surface area contributed by atoms with Crippen molar-refractivity contribution in [3.8, 4) is 0 Å². The first kappa shape index (κ1) is 11.7. The molecule has 2 fully saturated rings. The molecule has 0 spiro atoms. The number of nitrogen functional groups attached to an aromatic ring is 1. The molecule has 1 aromatic rings. The highest BCUT2D eigenvalue weighted by Crippen LogP contribution is 2.22. The highest BCUT2D eigenvalue weighted by molar-refractivity contribution is 5.38. The Morgan fingerprint density at radius 2 is 2.44 bits per heavy atom. The van der Waals surface area contributed by atoms with Crippen molar-refractivity contribution in [3.05, 3.63) is 12.4 Å². The zero-order chi connectivity index (χ0) is 12.4. The quantitative estimate of drug-likeness (QED) is 0.804. The predicted octanol–water partition coefficient (Wildman–Crippen LogP) is 0.334. The molecule has 6 nitrogen and oxygen atoms in total. The molecular weight excluding hydrogens is 230 g/mol. The Kier molecular flexibility index (Phi) is 3.29. The number of ether oxygens (including phenoxy) is 1. The zero-order valence-electron chi connectivity index (χ0n) is 10.4. The summed E-state index contributed by atoms with van der Waals surface area (Å²) in [7, 11) is 0. The van der Waals surface area contributed by atoms with Crippen LogP contribution in [-0.4, -0.2) is 53.3 Å². The molecule has 3 N–H and O–H groups in total. The van der Waals surface area contributed by atoms with Crippen LogP contribution in [0.2, 0.25) is 0 Å². The summed E-state index contributed by atoms with van der Waals surface area (Å²) in [5.41, 5.74) is 5.58. The first-order valence-electron chi connectivity index (χ1n) is 6.48. The minimum Gasteiger partial charge on any atom is -0.382 e. The number of aromatic nitrogens is 2. The molecule has 6 heteroatoms. The van der Waals surface area contributed by atoms with E-state index in [2.05, 4.69) is 20.2 Å². The number of fused-ring (bicyclic) bond motifs is 1. The maximum atomic E-state index is 5.86. The minimum atomic E-state index is 0.225. The van der Waals surface area contributed by atoms with E-state index in [1.807, 2.05) is 0 Å². The van der Waals surface area contributed by atoms with Crippen LogP contribution < -0.4 is 11.1 Å². The monoisotopic (exact) mass is 249 g/mol. The Morgan fingerprint density at radius 1 is 1.50 bits per heavy atom. The number of rotatable bonds is 3. The third-order valence-corrected chi connectivity index (χ3v) is 3.63. The van der Waals surface area contributed by atoms with Gasteiger partial charge in [0.1, 0.15) is 11.6 Å². The lowest BCUT2D eigenvalue weighted by Gasteiger charge is -2.35. The fraction of sp³-hybridized carbons (Fsp3) is 0.667. The van der Waals surface area contributed by atoms with Crippen molar-refractivity contribution in [2.75, 3.05) is 37.3 Å². The maximum absolute atomic E-state index is 5.86. The Morgan fingerprint density at radius 3 is 3.33 bits per heavy atom. The standard InChI is InChI=1S/C12H19N5O/c13-11-5-14-6-12(16-11)15-4-10-7-17-3-1-2-9(17)8-18-10/h5-6,9-10H,1-4,7-8H2,(H3,13,15,16). The number of hydrogen-bond donors (Lipinski definition) is 2. The van der Waals surface area contributed by atoms with Crippen LogP contribution >= 0.6 is 0 Å². The van der Waals surface area contributed by atoms with Gasteiger partial charge in [-0.25, -0.2) is 4.98 Å². The van der Waals surface area contributed by atoms with Gasteiger partial charge in [0, 0.05) is 19.1 Å². The van der Waals surface area contributed by atoms with E-state index < -0.39 is 0 Å². The SMILES string of the molecule is Nc1cncc(NCC2CN3CCCC3CO2)n1. The van der Waals surface area contributed by atoms with Gasteiger partial charge >= 0.3 is 0 Å². The van der Waals surface area contributed by atoms with Crippen molar-refractivity contribution in [3.63, 3.8) is 0 Å². The number of hydrogen-bond acceptors (Lipinski definition) is 6. The summed E-state index contributed by atoms with van der Waals surface area (Å²) in [5.74, 6) is 1.14. The Bertz CT molecular complexity index is 413. The van der Waals surface area contributed by atoms with E-state index in [0.29, 0.717) is 17.7 Å². The van der Waals surface area contributed by atoms with E-state index in [0.717, 1.165) is 19.7 Å². The van der Waals surface area contributed by atoms with Gasteiger partial charge in [0.25, 0.3) is 0 Å². The van der Waals surface area contributed by atoms with Crippen LogP contribution in [0, 0.1) is 0 Å². The van der Waals surface area contributed by atoms with E-state index in [9.17, 15) is 0 Å². The summed E-state index contributed by atoms with van der Waals surface area (Å²) >= 11 is 0. The van der Waals surface area contributed by atoms with Gasteiger partial charge in [0.05, 0.1) is 25.1 Å². The molecule has 18 heavy (non-hydrogen) atoms. The smallest absolute Gasteiger partial charge is 0.147 e. The Balaban J connectivity index is 1.51. The predicted molar refractivity (Wildman–Crippen MR) is 69.3 cm³/mol. The van der Waals surface area contributed by atoms with Crippen molar-refractivity contribution in [2.24, 2.45) is 0 Å². The molecule has 0 saturated carbocycles. The van der Waals surface area contributed by atoms with Crippen LogP contribution in [0.25, 0.3) is 0 Å². The van der Waals surface area contributed by atoms with Crippen molar-refractivity contribution in [1.82, 2.24) is 14.9 Å². The largest absolute Gasteiger partial charge is 0.382 e. The van der Waals surface area contributed by atoms with Crippen molar-refractivity contribution in [2.45, 2.75) is 25.0 Å². The van der Waals surface area contributed by atoms with E-state index >= 15 is 0 Å². The number of anilines is 2. The number of nitrogens with one attached hydrogen (secondary N) is 1. The summed E-state index contributed by atoms with van der Waals surface area (Å²) < 4.78 is 5.86. The molecule has 2 unspecified atom stereocenters. The fourth-order valence-electron chi connectivity index (χ4n) is 2.69. The second-order valence-corrected chi connectivity index (χ2v) is 4.96. The first-order valence-corrected chi connectivity index (χ1v) is 6.48. The first-order chi connectivity index (χ1) is 8.81. The van der Waals surface area contributed by atoms with Crippen LogP contribution in [0.4, 0.5) is 11.6 Å². The molecule has 0 aliphatic carbocycles. The van der Waals surface area contributed by atoms with Crippen molar-refractivity contribution < 1.29 is 4.74 Å². The third-order valence-electron chi connectivity index (χ3n) is 3.63. The molecule has 3 rings (SSSR count). The maximum Gasteiger partial charge on any atom is 0.147 e. The van der Waals surface area contributed by atoms with Crippen molar-refractivity contribution in [1.29, 1.82) is 0 Å². The second kappa shape index (κ2) is 5.07. The number of nitrogens with zero attached hydrogens (tertiary/aromatic N) is 3. The molecule has 3 heterocycles. The van der Waals surface area contributed by atoms with Gasteiger partial charge in [-0.1, -0.05) is 0 Å². The summed E-state index contributed by atoms with van der Waals surface area (Å²) in [5, 5.41) is 3.23. The molecule has 2 aliphatic heterocycles. The average molecular weight is 249 g/mol. The van der Waals surface area contributed by atoms with E-state index in [1.165, 1.54) is 25.6 Å². The molecule has 0 aromatic carbocycles. The average Bonchev–Trinajstić information content (AvgIpc) is 2.84. The number of morpholine rings is 1. The van der Waals surface area contributed by atoms with Crippen LogP contribution in [0.3, 0.4) is 0 Å². The van der Waals surface area contributed by atoms with Gasteiger partial charge in [0.15, 0.2) is 0 Å². The second-order valence-electron chi connectivity index (χ2n) is 4.96. The lowest BCUT2D eigenvalue weighted by atomic mass is 10.2. The molecule has 1 aromatic heterocycles. The van der Waals surface area contributed by atoms with Crippen LogP contribution in [-0.2, 0) is 4.74 Å². The van der Waals surface area contributed by atoms with Crippen LogP contribution in [0.1, 0.15) is 12.8 Å².